The van der Waals surface area contributed by atoms with Crippen LogP contribution in [0.4, 0.5) is 5.82 Å². The molecule has 4 heteroatoms. The molecule has 0 atom stereocenters. The Morgan fingerprint density at radius 3 is 2.65 bits per heavy atom. The van der Waals surface area contributed by atoms with E-state index >= 15 is 0 Å². The zero-order chi connectivity index (χ0) is 11.4. The number of nitrogens with zero attached hydrogens (tertiary/aromatic N) is 2. The van der Waals surface area contributed by atoms with Gasteiger partial charge >= 0.3 is 0 Å². The van der Waals surface area contributed by atoms with Gasteiger partial charge in [0.2, 0.25) is 0 Å². The van der Waals surface area contributed by atoms with Gasteiger partial charge in [-0.05, 0) is 31.7 Å². The van der Waals surface area contributed by atoms with E-state index in [1.165, 1.54) is 25.7 Å². The third kappa shape index (κ3) is 1.24. The summed E-state index contributed by atoms with van der Waals surface area (Å²) in [6.07, 6.45) is 7.01. The van der Waals surface area contributed by atoms with E-state index in [-0.39, 0.29) is 5.91 Å². The number of rotatable bonds is 1. The maximum absolute atomic E-state index is 11.7. The summed E-state index contributed by atoms with van der Waals surface area (Å²) in [7, 11) is 0. The average Bonchev–Trinajstić information content (AvgIpc) is 3.04. The van der Waals surface area contributed by atoms with Gasteiger partial charge in [0.1, 0.15) is 5.82 Å². The second-order valence-corrected chi connectivity index (χ2v) is 5.25. The van der Waals surface area contributed by atoms with Crippen LogP contribution in [0.15, 0.2) is 12.3 Å². The molecule has 0 radical (unpaired) electrons. The molecule has 4 heterocycles. The first kappa shape index (κ1) is 9.45. The highest BCUT2D eigenvalue weighted by atomic mass is 16.1. The molecule has 1 aromatic rings. The Morgan fingerprint density at radius 2 is 1.94 bits per heavy atom. The summed E-state index contributed by atoms with van der Waals surface area (Å²) < 4.78 is 0. The fraction of sp³-hybridized carbons (Fsp3) is 0.538. The zero-order valence-electron chi connectivity index (χ0n) is 9.65. The van der Waals surface area contributed by atoms with Gasteiger partial charge in [-0.3, -0.25) is 4.79 Å². The van der Waals surface area contributed by atoms with E-state index in [0.717, 1.165) is 16.9 Å². The van der Waals surface area contributed by atoms with E-state index in [1.54, 1.807) is 0 Å². The highest BCUT2D eigenvalue weighted by Crippen LogP contribution is 2.40. The first-order valence-corrected chi connectivity index (χ1v) is 6.38. The van der Waals surface area contributed by atoms with E-state index in [4.69, 9.17) is 0 Å². The number of anilines is 1. The molecule has 2 fully saturated rings. The van der Waals surface area contributed by atoms with Crippen LogP contribution in [0.1, 0.15) is 41.6 Å². The van der Waals surface area contributed by atoms with Crippen molar-refractivity contribution in [3.05, 3.63) is 23.4 Å². The topological polar surface area (TPSA) is 45.2 Å². The van der Waals surface area contributed by atoms with Gasteiger partial charge in [0.25, 0.3) is 5.91 Å². The number of fused-ring (bicyclic) bond motifs is 3. The van der Waals surface area contributed by atoms with Gasteiger partial charge in [0.05, 0.1) is 0 Å². The lowest BCUT2D eigenvalue weighted by atomic mass is 10.0. The van der Waals surface area contributed by atoms with Gasteiger partial charge in [0.15, 0.2) is 0 Å². The van der Waals surface area contributed by atoms with Crippen molar-refractivity contribution < 1.29 is 4.79 Å². The normalized spacial score (nSPS) is 29.6. The molecule has 3 aliphatic rings. The number of pyridine rings is 1. The van der Waals surface area contributed by atoms with Crippen LogP contribution in [-0.4, -0.2) is 23.0 Å². The molecular formula is C13H15N3O. The van der Waals surface area contributed by atoms with Crippen LogP contribution in [-0.2, 0) is 6.54 Å². The molecular weight excluding hydrogens is 214 g/mol. The Bertz CT molecular complexity index is 479. The fourth-order valence-electron chi connectivity index (χ4n) is 3.52. The van der Waals surface area contributed by atoms with Crippen LogP contribution in [0.5, 0.6) is 0 Å². The molecule has 0 saturated carbocycles. The lowest BCUT2D eigenvalue weighted by Gasteiger charge is -2.23. The minimum atomic E-state index is 0.0511. The van der Waals surface area contributed by atoms with Crippen molar-refractivity contribution in [3.8, 4) is 0 Å². The minimum absolute atomic E-state index is 0.0511. The van der Waals surface area contributed by atoms with Crippen molar-refractivity contribution in [2.24, 2.45) is 0 Å². The average molecular weight is 229 g/mol. The third-order valence-electron chi connectivity index (χ3n) is 4.37. The highest BCUT2D eigenvalue weighted by molar-refractivity contribution is 5.98. The Morgan fingerprint density at radius 1 is 1.24 bits per heavy atom. The molecule has 1 amide bonds. The monoisotopic (exact) mass is 229 g/mol. The second kappa shape index (κ2) is 3.22. The summed E-state index contributed by atoms with van der Waals surface area (Å²) in [5.41, 5.74) is 1.85. The molecule has 0 unspecified atom stereocenters. The molecule has 2 saturated heterocycles. The molecule has 88 valence electrons. The Kier molecular flexibility index (Phi) is 1.79. The lowest BCUT2D eigenvalue weighted by molar-refractivity contribution is 0.0965. The van der Waals surface area contributed by atoms with Crippen molar-refractivity contribution in [1.29, 1.82) is 0 Å². The maximum Gasteiger partial charge on any atom is 0.252 e. The van der Waals surface area contributed by atoms with Crippen molar-refractivity contribution >= 4 is 11.7 Å². The van der Waals surface area contributed by atoms with Crippen LogP contribution in [0, 0.1) is 0 Å². The van der Waals surface area contributed by atoms with Gasteiger partial charge in [-0.25, -0.2) is 4.98 Å². The Balaban J connectivity index is 1.76. The molecule has 17 heavy (non-hydrogen) atoms. The number of carbonyl (C=O) groups excluding carboxylic acids is 1. The lowest BCUT2D eigenvalue weighted by Crippen LogP contribution is -2.29. The molecule has 4 rings (SSSR count). The Hall–Kier alpha value is -1.58. The molecule has 3 aliphatic heterocycles. The smallest absolute Gasteiger partial charge is 0.252 e. The molecule has 0 spiro atoms. The van der Waals surface area contributed by atoms with E-state index in [2.05, 4.69) is 15.2 Å². The summed E-state index contributed by atoms with van der Waals surface area (Å²) >= 11 is 0. The van der Waals surface area contributed by atoms with E-state index in [9.17, 15) is 4.79 Å². The van der Waals surface area contributed by atoms with Crippen molar-refractivity contribution in [2.75, 3.05) is 4.90 Å². The first-order chi connectivity index (χ1) is 8.33. The molecule has 4 nitrogen and oxygen atoms in total. The molecule has 0 aromatic carbocycles. The predicted octanol–water partition coefficient (Wildman–Crippen LogP) is 1.46. The number of carbonyl (C=O) groups is 1. The van der Waals surface area contributed by atoms with Gasteiger partial charge in [-0.1, -0.05) is 0 Å². The molecule has 1 N–H and O–H groups in total. The van der Waals surface area contributed by atoms with Crippen LogP contribution >= 0.6 is 0 Å². The fourth-order valence-corrected chi connectivity index (χ4v) is 3.52. The quantitative estimate of drug-likeness (QED) is 0.793. The SMILES string of the molecule is O=C1NCc2cnc(N3C4CCC3CC4)cc21. The van der Waals surface area contributed by atoms with Crippen LogP contribution in [0.25, 0.3) is 0 Å². The minimum Gasteiger partial charge on any atom is -0.351 e. The van der Waals surface area contributed by atoms with Crippen LogP contribution < -0.4 is 10.2 Å². The number of amides is 1. The van der Waals surface area contributed by atoms with Gasteiger partial charge in [-0.15, -0.1) is 0 Å². The molecule has 2 bridgehead atoms. The number of aromatic nitrogens is 1. The predicted molar refractivity (Wildman–Crippen MR) is 63.9 cm³/mol. The summed E-state index contributed by atoms with van der Waals surface area (Å²) in [6, 6.07) is 3.30. The van der Waals surface area contributed by atoms with E-state index in [0.29, 0.717) is 18.6 Å². The summed E-state index contributed by atoms with van der Waals surface area (Å²) in [5, 5.41) is 2.84. The van der Waals surface area contributed by atoms with Crippen molar-refractivity contribution in [2.45, 2.75) is 44.3 Å². The molecule has 0 aliphatic carbocycles. The van der Waals surface area contributed by atoms with Crippen molar-refractivity contribution in [1.82, 2.24) is 10.3 Å². The van der Waals surface area contributed by atoms with Gasteiger partial charge < -0.3 is 10.2 Å². The first-order valence-electron chi connectivity index (χ1n) is 6.38. The number of hydrogen-bond acceptors (Lipinski definition) is 3. The standard InChI is InChI=1S/C13H15N3O/c17-13-11-5-12(14-6-8(11)7-15-13)16-9-1-2-10(16)4-3-9/h5-6,9-10H,1-4,7H2,(H,15,17). The van der Waals surface area contributed by atoms with E-state index in [1.807, 2.05) is 12.3 Å². The Labute approximate surface area is 100 Å². The summed E-state index contributed by atoms with van der Waals surface area (Å²) in [6.45, 7) is 0.633. The molecule has 1 aromatic heterocycles. The van der Waals surface area contributed by atoms with Gasteiger partial charge in [-0.2, -0.15) is 0 Å². The van der Waals surface area contributed by atoms with Gasteiger partial charge in [0, 0.05) is 36.0 Å². The van der Waals surface area contributed by atoms with Crippen LogP contribution in [0.2, 0.25) is 0 Å². The second-order valence-electron chi connectivity index (χ2n) is 5.25. The zero-order valence-corrected chi connectivity index (χ0v) is 9.65. The highest BCUT2D eigenvalue weighted by Gasteiger charge is 2.40. The summed E-state index contributed by atoms with van der Waals surface area (Å²) in [5.74, 6) is 1.06. The summed E-state index contributed by atoms with van der Waals surface area (Å²) in [4.78, 5) is 18.6. The largest absolute Gasteiger partial charge is 0.351 e. The third-order valence-corrected chi connectivity index (χ3v) is 4.37. The number of hydrogen-bond donors (Lipinski definition) is 1. The van der Waals surface area contributed by atoms with Crippen molar-refractivity contribution in [3.63, 3.8) is 0 Å². The number of nitrogens with one attached hydrogen (secondary N) is 1. The van der Waals surface area contributed by atoms with Crippen LogP contribution in [0.3, 0.4) is 0 Å². The van der Waals surface area contributed by atoms with E-state index < -0.39 is 0 Å². The maximum atomic E-state index is 11.7.